The Morgan fingerprint density at radius 3 is 2.76 bits per heavy atom. The van der Waals surface area contributed by atoms with E-state index in [2.05, 4.69) is 5.32 Å². The van der Waals surface area contributed by atoms with Crippen LogP contribution >= 0.6 is 0 Å². The van der Waals surface area contributed by atoms with Crippen molar-refractivity contribution >= 4 is 11.6 Å². The Labute approximate surface area is 147 Å². The summed E-state index contributed by atoms with van der Waals surface area (Å²) < 4.78 is 16.4. The number of anilines is 1. The van der Waals surface area contributed by atoms with Crippen LogP contribution < -0.4 is 14.8 Å². The largest absolute Gasteiger partial charge is 0.497 e. The van der Waals surface area contributed by atoms with Gasteiger partial charge in [-0.1, -0.05) is 18.2 Å². The minimum absolute atomic E-state index is 0.0681. The van der Waals surface area contributed by atoms with Crippen LogP contribution in [0.5, 0.6) is 11.5 Å². The predicted octanol–water partition coefficient (Wildman–Crippen LogP) is 3.43. The van der Waals surface area contributed by atoms with Crippen LogP contribution in [0.15, 0.2) is 48.5 Å². The summed E-state index contributed by atoms with van der Waals surface area (Å²) in [6.07, 6.45) is 2.62. The number of hydrogen-bond acceptors (Lipinski definition) is 4. The van der Waals surface area contributed by atoms with Gasteiger partial charge in [-0.05, 0) is 42.7 Å². The molecule has 0 saturated carbocycles. The standard InChI is InChI=1S/C20H23NO4/c1-23-17-9-7-15(8-10-17)12-20(22)21-16-4-2-5-18(13-16)25-14-19-6-3-11-24-19/h2,4-5,7-10,13,19H,3,6,11-12,14H2,1H3,(H,21,22)/t19-/m0/s1. The summed E-state index contributed by atoms with van der Waals surface area (Å²) in [5.41, 5.74) is 1.66. The second-order valence-electron chi connectivity index (χ2n) is 6.05. The third kappa shape index (κ3) is 5.22. The van der Waals surface area contributed by atoms with Crippen molar-refractivity contribution < 1.29 is 19.0 Å². The zero-order valence-corrected chi connectivity index (χ0v) is 14.4. The van der Waals surface area contributed by atoms with Crippen molar-refractivity contribution in [2.24, 2.45) is 0 Å². The molecule has 1 aliphatic heterocycles. The lowest BCUT2D eigenvalue weighted by Crippen LogP contribution is -2.17. The number of amides is 1. The zero-order chi connectivity index (χ0) is 17.5. The van der Waals surface area contributed by atoms with Crippen LogP contribution in [0.3, 0.4) is 0 Å². The molecule has 132 valence electrons. The number of hydrogen-bond donors (Lipinski definition) is 1. The number of methoxy groups -OCH3 is 1. The van der Waals surface area contributed by atoms with Crippen LogP contribution in [0.1, 0.15) is 18.4 Å². The molecule has 1 fully saturated rings. The summed E-state index contributed by atoms with van der Waals surface area (Å²) in [5, 5.41) is 2.91. The fourth-order valence-electron chi connectivity index (χ4n) is 2.76. The minimum atomic E-state index is -0.0681. The third-order valence-corrected chi connectivity index (χ3v) is 4.10. The minimum Gasteiger partial charge on any atom is -0.497 e. The highest BCUT2D eigenvalue weighted by Crippen LogP contribution is 2.20. The molecule has 0 aliphatic carbocycles. The van der Waals surface area contributed by atoms with Gasteiger partial charge in [-0.25, -0.2) is 0 Å². The second kappa shape index (κ2) is 8.53. The van der Waals surface area contributed by atoms with Gasteiger partial charge in [-0.3, -0.25) is 4.79 Å². The van der Waals surface area contributed by atoms with Gasteiger partial charge in [0, 0.05) is 18.4 Å². The van der Waals surface area contributed by atoms with Crippen LogP contribution in [0.25, 0.3) is 0 Å². The SMILES string of the molecule is COc1ccc(CC(=O)Nc2cccc(OC[C@@H]3CCCO3)c2)cc1. The van der Waals surface area contributed by atoms with Crippen molar-refractivity contribution in [1.82, 2.24) is 0 Å². The number of rotatable bonds is 7. The average molecular weight is 341 g/mol. The highest BCUT2D eigenvalue weighted by Gasteiger charge is 2.16. The molecule has 2 aromatic carbocycles. The number of carbonyl (C=O) groups excluding carboxylic acids is 1. The molecule has 0 unspecified atom stereocenters. The van der Waals surface area contributed by atoms with E-state index in [-0.39, 0.29) is 12.0 Å². The van der Waals surface area contributed by atoms with Gasteiger partial charge in [0.05, 0.1) is 19.6 Å². The zero-order valence-electron chi connectivity index (χ0n) is 14.4. The first-order chi connectivity index (χ1) is 12.2. The Morgan fingerprint density at radius 1 is 1.20 bits per heavy atom. The van der Waals surface area contributed by atoms with Crippen LogP contribution in [-0.2, 0) is 16.0 Å². The van der Waals surface area contributed by atoms with Gasteiger partial charge in [-0.15, -0.1) is 0 Å². The first-order valence-electron chi connectivity index (χ1n) is 8.50. The molecule has 0 bridgehead atoms. The van der Waals surface area contributed by atoms with E-state index in [0.717, 1.165) is 42.2 Å². The van der Waals surface area contributed by atoms with Gasteiger partial charge in [0.15, 0.2) is 0 Å². The van der Waals surface area contributed by atoms with Crippen LogP contribution in [0, 0.1) is 0 Å². The van der Waals surface area contributed by atoms with Crippen molar-refractivity contribution in [3.05, 3.63) is 54.1 Å². The first-order valence-corrected chi connectivity index (χ1v) is 8.50. The van der Waals surface area contributed by atoms with Gasteiger partial charge in [0.1, 0.15) is 18.1 Å². The molecule has 0 radical (unpaired) electrons. The first kappa shape index (κ1) is 17.3. The van der Waals surface area contributed by atoms with Gasteiger partial charge in [0.2, 0.25) is 5.91 Å². The van der Waals surface area contributed by atoms with Crippen molar-refractivity contribution in [2.75, 3.05) is 25.6 Å². The summed E-state index contributed by atoms with van der Waals surface area (Å²) >= 11 is 0. The van der Waals surface area contributed by atoms with Gasteiger partial charge in [-0.2, -0.15) is 0 Å². The van der Waals surface area contributed by atoms with Crippen LogP contribution in [-0.4, -0.2) is 32.3 Å². The Kier molecular flexibility index (Phi) is 5.90. The number of nitrogens with one attached hydrogen (secondary N) is 1. The maximum Gasteiger partial charge on any atom is 0.228 e. The highest BCUT2D eigenvalue weighted by molar-refractivity contribution is 5.92. The smallest absolute Gasteiger partial charge is 0.228 e. The van der Waals surface area contributed by atoms with Gasteiger partial charge < -0.3 is 19.5 Å². The van der Waals surface area contributed by atoms with E-state index in [4.69, 9.17) is 14.2 Å². The summed E-state index contributed by atoms with van der Waals surface area (Å²) in [7, 11) is 1.62. The van der Waals surface area contributed by atoms with E-state index in [0.29, 0.717) is 13.0 Å². The molecule has 5 nitrogen and oxygen atoms in total. The van der Waals surface area contributed by atoms with E-state index in [1.54, 1.807) is 7.11 Å². The molecule has 1 aliphatic rings. The molecule has 3 rings (SSSR count). The normalized spacial score (nSPS) is 16.4. The Hall–Kier alpha value is -2.53. The lowest BCUT2D eigenvalue weighted by atomic mass is 10.1. The van der Waals surface area contributed by atoms with E-state index < -0.39 is 0 Å². The average Bonchev–Trinajstić information content (AvgIpc) is 3.14. The molecule has 25 heavy (non-hydrogen) atoms. The van der Waals surface area contributed by atoms with Crippen molar-refractivity contribution in [3.63, 3.8) is 0 Å². The summed E-state index contributed by atoms with van der Waals surface area (Å²) in [6, 6.07) is 14.9. The topological polar surface area (TPSA) is 56.8 Å². The highest BCUT2D eigenvalue weighted by atomic mass is 16.5. The van der Waals surface area contributed by atoms with E-state index in [1.165, 1.54) is 0 Å². The maximum atomic E-state index is 12.2. The molecule has 0 aromatic heterocycles. The lowest BCUT2D eigenvalue weighted by molar-refractivity contribution is -0.115. The maximum absolute atomic E-state index is 12.2. The molecule has 5 heteroatoms. The third-order valence-electron chi connectivity index (χ3n) is 4.10. The summed E-state index contributed by atoms with van der Waals surface area (Å²) in [6.45, 7) is 1.36. The molecule has 1 heterocycles. The second-order valence-corrected chi connectivity index (χ2v) is 6.05. The molecule has 1 amide bonds. The Balaban J connectivity index is 1.52. The molecular formula is C20H23NO4. The lowest BCUT2D eigenvalue weighted by Gasteiger charge is -2.12. The summed E-state index contributed by atoms with van der Waals surface area (Å²) in [5.74, 6) is 1.44. The molecular weight excluding hydrogens is 318 g/mol. The fourth-order valence-corrected chi connectivity index (χ4v) is 2.76. The van der Waals surface area contributed by atoms with Gasteiger partial charge >= 0.3 is 0 Å². The molecule has 1 saturated heterocycles. The van der Waals surface area contributed by atoms with Crippen LogP contribution in [0.4, 0.5) is 5.69 Å². The van der Waals surface area contributed by atoms with E-state index in [1.807, 2.05) is 48.5 Å². The van der Waals surface area contributed by atoms with Crippen LogP contribution in [0.2, 0.25) is 0 Å². The Bertz CT molecular complexity index is 693. The molecule has 2 aromatic rings. The molecule has 1 N–H and O–H groups in total. The monoisotopic (exact) mass is 341 g/mol. The van der Waals surface area contributed by atoms with E-state index >= 15 is 0 Å². The van der Waals surface area contributed by atoms with Crippen molar-refractivity contribution in [1.29, 1.82) is 0 Å². The van der Waals surface area contributed by atoms with Crippen molar-refractivity contribution in [3.8, 4) is 11.5 Å². The van der Waals surface area contributed by atoms with Gasteiger partial charge in [0.25, 0.3) is 0 Å². The van der Waals surface area contributed by atoms with E-state index in [9.17, 15) is 4.79 Å². The fraction of sp³-hybridized carbons (Fsp3) is 0.350. The Morgan fingerprint density at radius 2 is 2.04 bits per heavy atom. The number of benzene rings is 2. The predicted molar refractivity (Wildman–Crippen MR) is 96.2 cm³/mol. The number of carbonyl (C=O) groups is 1. The molecule has 0 spiro atoms. The quantitative estimate of drug-likeness (QED) is 0.838. The number of ether oxygens (including phenoxy) is 3. The summed E-state index contributed by atoms with van der Waals surface area (Å²) in [4.78, 5) is 12.2. The molecule has 1 atom stereocenters. The van der Waals surface area contributed by atoms with Crippen molar-refractivity contribution in [2.45, 2.75) is 25.4 Å².